The van der Waals surface area contributed by atoms with Gasteiger partial charge in [-0.05, 0) is 78.3 Å². The summed E-state index contributed by atoms with van der Waals surface area (Å²) in [6.45, 7) is 13.3. The maximum absolute atomic E-state index is 9.41. The second kappa shape index (κ2) is 21.9. The van der Waals surface area contributed by atoms with Gasteiger partial charge in [-0.3, -0.25) is 0 Å². The molecule has 0 saturated carbocycles. The van der Waals surface area contributed by atoms with E-state index in [-0.39, 0.29) is 0 Å². The molecule has 0 unspecified atom stereocenters. The molecule has 0 radical (unpaired) electrons. The van der Waals surface area contributed by atoms with Gasteiger partial charge in [0.15, 0.2) is 0 Å². The Hall–Kier alpha value is -2.00. The van der Waals surface area contributed by atoms with Crippen LogP contribution >= 0.6 is 0 Å². The van der Waals surface area contributed by atoms with Gasteiger partial charge in [-0.25, -0.2) is 0 Å². The summed E-state index contributed by atoms with van der Waals surface area (Å²) in [5.74, 6) is 2.95. The first kappa shape index (κ1) is 34.0. The SMILES string of the molecule is CCCCCc1ccc(C(=C(CCCC)C(=C=[N+]=[N-])CCCC)c2ccc(CC)cc2)cc1.C[CH2][Pd][CH2]C. The molecular weight excluding hydrogens is 555 g/mol. The molecule has 3 heteroatoms. The molecule has 0 N–H and O–H groups in total. The van der Waals surface area contributed by atoms with E-state index in [1.54, 1.807) is 0 Å². The Balaban J connectivity index is 0.00000132. The number of rotatable bonds is 16. The van der Waals surface area contributed by atoms with Crippen molar-refractivity contribution in [3.63, 3.8) is 0 Å². The summed E-state index contributed by atoms with van der Waals surface area (Å²) in [5.41, 5.74) is 18.2. The van der Waals surface area contributed by atoms with Crippen LogP contribution in [-0.4, -0.2) is 10.7 Å². The maximum atomic E-state index is 9.41. The molecule has 2 nitrogen and oxygen atoms in total. The molecule has 0 heterocycles. The molecule has 0 aliphatic carbocycles. The summed E-state index contributed by atoms with van der Waals surface area (Å²) >= 11 is 1.04. The van der Waals surface area contributed by atoms with Crippen molar-refractivity contribution in [1.82, 2.24) is 0 Å². The van der Waals surface area contributed by atoms with Crippen molar-refractivity contribution >= 4 is 11.4 Å². The Morgan fingerprint density at radius 2 is 1.21 bits per heavy atom. The van der Waals surface area contributed by atoms with Crippen LogP contribution in [0.3, 0.4) is 0 Å². The number of unbranched alkanes of at least 4 members (excludes halogenated alkanes) is 4. The normalized spacial score (nSPS) is 11.2. The van der Waals surface area contributed by atoms with E-state index >= 15 is 0 Å². The first-order valence-electron chi connectivity index (χ1n) is 14.9. The summed E-state index contributed by atoms with van der Waals surface area (Å²) in [6.07, 6.45) is 12.2. The van der Waals surface area contributed by atoms with Crippen molar-refractivity contribution in [1.29, 1.82) is 0 Å². The van der Waals surface area contributed by atoms with E-state index in [9.17, 15) is 5.53 Å². The monoisotopic (exact) mass is 606 g/mol. The molecule has 0 atom stereocenters. The van der Waals surface area contributed by atoms with Crippen LogP contribution in [0.2, 0.25) is 9.79 Å². The number of aryl methyl sites for hydroxylation is 2. The molecule has 2 aromatic rings. The average Bonchev–Trinajstić information content (AvgIpc) is 2.95. The van der Waals surface area contributed by atoms with Gasteiger partial charge in [0.1, 0.15) is 0 Å². The fraction of sp³-hybridized carbons (Fsp3) is 0.543. The van der Waals surface area contributed by atoms with Crippen molar-refractivity contribution in [2.24, 2.45) is 0 Å². The average molecular weight is 607 g/mol. The van der Waals surface area contributed by atoms with Gasteiger partial charge < -0.3 is 5.53 Å². The van der Waals surface area contributed by atoms with Crippen LogP contribution in [0.15, 0.2) is 59.7 Å². The fourth-order valence-electron chi connectivity index (χ4n) is 4.47. The summed E-state index contributed by atoms with van der Waals surface area (Å²) in [5, 5.41) is 0. The van der Waals surface area contributed by atoms with Crippen LogP contribution < -0.4 is 0 Å². The van der Waals surface area contributed by atoms with Crippen LogP contribution in [-0.2, 0) is 30.8 Å². The molecule has 0 aromatic heterocycles. The zero-order chi connectivity index (χ0) is 28.0. The quantitative estimate of drug-likeness (QED) is 0.0455. The first-order valence-corrected chi connectivity index (χ1v) is 17.1. The van der Waals surface area contributed by atoms with E-state index in [4.69, 9.17) is 0 Å². The van der Waals surface area contributed by atoms with Gasteiger partial charge in [-0.2, -0.15) is 0 Å². The van der Waals surface area contributed by atoms with Crippen LogP contribution in [0.25, 0.3) is 11.1 Å². The molecular formula is C35H52N2Pd. The molecule has 0 aliphatic rings. The Bertz CT molecular complexity index is 1000. The molecule has 2 aromatic carbocycles. The summed E-state index contributed by atoms with van der Waals surface area (Å²) in [4.78, 5) is 6.14. The number of benzene rings is 2. The number of allylic oxidation sites excluding steroid dienone is 2. The Labute approximate surface area is 242 Å². The predicted octanol–water partition coefficient (Wildman–Crippen LogP) is 10.9. The van der Waals surface area contributed by atoms with Gasteiger partial charge in [0.25, 0.3) is 0 Å². The third kappa shape index (κ3) is 12.7. The summed E-state index contributed by atoms with van der Waals surface area (Å²) < 4.78 is 0. The minimum atomic E-state index is 0.880. The molecule has 0 saturated heterocycles. The van der Waals surface area contributed by atoms with E-state index < -0.39 is 0 Å². The Kier molecular flexibility index (Phi) is 19.6. The zero-order valence-electron chi connectivity index (χ0n) is 25.0. The first-order chi connectivity index (χ1) is 18.6. The number of nitrogens with zero attached hydrogens (tertiary/aromatic N) is 2. The van der Waals surface area contributed by atoms with Gasteiger partial charge in [-0.15, -0.1) is 4.79 Å². The van der Waals surface area contributed by atoms with E-state index in [0.29, 0.717) is 0 Å². The molecule has 0 bridgehead atoms. The van der Waals surface area contributed by atoms with Gasteiger partial charge in [-0.1, -0.05) is 102 Å². The van der Waals surface area contributed by atoms with Crippen molar-refractivity contribution in [2.45, 2.75) is 122 Å². The molecule has 212 valence electrons. The third-order valence-corrected chi connectivity index (χ3v) is 8.24. The van der Waals surface area contributed by atoms with E-state index in [1.165, 1.54) is 62.4 Å². The van der Waals surface area contributed by atoms with Gasteiger partial charge >= 0.3 is 47.5 Å². The zero-order valence-corrected chi connectivity index (χ0v) is 26.6. The number of hydrogen-bond donors (Lipinski definition) is 0. The number of hydrogen-bond acceptors (Lipinski definition) is 0. The second-order valence-electron chi connectivity index (χ2n) is 9.56. The van der Waals surface area contributed by atoms with Crippen molar-refractivity contribution < 1.29 is 22.8 Å². The van der Waals surface area contributed by atoms with Crippen LogP contribution in [0, 0.1) is 0 Å². The second-order valence-corrected chi connectivity index (χ2v) is 12.5. The Morgan fingerprint density at radius 1 is 0.684 bits per heavy atom. The van der Waals surface area contributed by atoms with Gasteiger partial charge in [0.2, 0.25) is 0 Å². The van der Waals surface area contributed by atoms with E-state index in [1.807, 2.05) is 0 Å². The molecule has 0 amide bonds. The van der Waals surface area contributed by atoms with Crippen molar-refractivity contribution in [2.75, 3.05) is 0 Å². The molecule has 0 fully saturated rings. The summed E-state index contributed by atoms with van der Waals surface area (Å²) in [7, 11) is 0. The molecule has 38 heavy (non-hydrogen) atoms. The van der Waals surface area contributed by atoms with Crippen molar-refractivity contribution in [3.05, 3.63) is 87.5 Å². The minimum absolute atomic E-state index is 0.880. The molecule has 0 aliphatic heterocycles. The van der Waals surface area contributed by atoms with E-state index in [0.717, 1.165) is 74.9 Å². The third-order valence-electron chi connectivity index (χ3n) is 6.69. The van der Waals surface area contributed by atoms with Gasteiger partial charge in [0, 0.05) is 0 Å². The topological polar surface area (TPSA) is 36.4 Å². The fourth-order valence-corrected chi connectivity index (χ4v) is 5.24. The molecule has 0 spiro atoms. The van der Waals surface area contributed by atoms with Crippen molar-refractivity contribution in [3.8, 4) is 0 Å². The van der Waals surface area contributed by atoms with Gasteiger partial charge in [0.05, 0.1) is 5.57 Å². The predicted molar refractivity (Wildman–Crippen MR) is 164 cm³/mol. The molecule has 2 rings (SSSR count). The Morgan fingerprint density at radius 3 is 1.66 bits per heavy atom. The van der Waals surface area contributed by atoms with Crippen LogP contribution in [0.4, 0.5) is 0 Å². The standard InChI is InChI=1S/C31H42N2.2C2H5.Pd/c1-5-9-12-13-26-18-22-28(23-19-26)31(27-20-16-25(8-4)17-21-27)30(15-11-7-3)29(24-33-32)14-10-6-2;2*1-2;/h16-23H,5-15H2,1-4H3;2*1H2,2H3;. The van der Waals surface area contributed by atoms with Crippen LogP contribution in [0.1, 0.15) is 122 Å². The van der Waals surface area contributed by atoms with E-state index in [2.05, 4.69) is 101 Å². The van der Waals surface area contributed by atoms with Crippen LogP contribution in [0.5, 0.6) is 0 Å². The summed E-state index contributed by atoms with van der Waals surface area (Å²) in [6, 6.07) is 18.1.